The van der Waals surface area contributed by atoms with E-state index in [9.17, 15) is 9.90 Å². The summed E-state index contributed by atoms with van der Waals surface area (Å²) in [5.74, 6) is 0.310. The Morgan fingerprint density at radius 2 is 2.24 bits per heavy atom. The van der Waals surface area contributed by atoms with Crippen LogP contribution in [0.4, 0.5) is 0 Å². The number of likely N-dealkylation sites (tertiary alicyclic amines) is 1. The summed E-state index contributed by atoms with van der Waals surface area (Å²) in [5.41, 5.74) is -0.464. The Balaban J connectivity index is 1.89. The van der Waals surface area contributed by atoms with Crippen LogP contribution in [0.3, 0.4) is 0 Å². The van der Waals surface area contributed by atoms with Crippen LogP contribution >= 0.6 is 0 Å². The summed E-state index contributed by atoms with van der Waals surface area (Å²) < 4.78 is 0. The highest BCUT2D eigenvalue weighted by atomic mass is 16.4. The Labute approximate surface area is 104 Å². The lowest BCUT2D eigenvalue weighted by molar-refractivity contribution is -0.148. The van der Waals surface area contributed by atoms with E-state index in [4.69, 9.17) is 0 Å². The highest BCUT2D eigenvalue weighted by molar-refractivity contribution is 5.75. The number of carboxylic acid groups (broad SMARTS) is 1. The fourth-order valence-electron chi connectivity index (χ4n) is 3.26. The predicted octanol–water partition coefficient (Wildman–Crippen LogP) is 2.75. The normalized spacial score (nSPS) is 32.4. The van der Waals surface area contributed by atoms with Crippen LogP contribution in [0.15, 0.2) is 0 Å². The monoisotopic (exact) mass is 239 g/mol. The number of hydrogen-bond donors (Lipinski definition) is 1. The zero-order chi connectivity index (χ0) is 12.5. The summed E-state index contributed by atoms with van der Waals surface area (Å²) in [4.78, 5) is 13.8. The van der Waals surface area contributed by atoms with Crippen molar-refractivity contribution in [1.82, 2.24) is 4.90 Å². The molecule has 2 rings (SSSR count). The third kappa shape index (κ3) is 2.49. The van der Waals surface area contributed by atoms with Crippen LogP contribution in [0.1, 0.15) is 52.4 Å². The molecule has 3 nitrogen and oxygen atoms in total. The number of rotatable bonds is 5. The van der Waals surface area contributed by atoms with E-state index in [1.54, 1.807) is 0 Å². The molecule has 0 aromatic heterocycles. The van der Waals surface area contributed by atoms with Crippen LogP contribution in [0, 0.1) is 11.3 Å². The lowest BCUT2D eigenvalue weighted by Gasteiger charge is -2.33. The van der Waals surface area contributed by atoms with Crippen molar-refractivity contribution in [3.05, 3.63) is 0 Å². The van der Waals surface area contributed by atoms with Gasteiger partial charge < -0.3 is 5.11 Å². The number of aliphatic carboxylic acids is 1. The standard InChI is InChI=1S/C14H25NO2/c1-3-14(13(16)17)7-8-15(10-14)11(2)9-12-5-4-6-12/h11-12H,3-10H2,1-2H3,(H,16,17). The SMILES string of the molecule is CCC1(C(=O)O)CCN(C(C)CC2CCC2)C1. The van der Waals surface area contributed by atoms with Crippen LogP contribution in [0.5, 0.6) is 0 Å². The molecule has 0 aromatic carbocycles. The van der Waals surface area contributed by atoms with Gasteiger partial charge in [0, 0.05) is 12.6 Å². The summed E-state index contributed by atoms with van der Waals surface area (Å²) in [6.07, 6.45) is 7.01. The molecule has 1 saturated heterocycles. The second-order valence-electron chi connectivity index (χ2n) is 6.04. The zero-order valence-electron chi connectivity index (χ0n) is 11.1. The molecule has 0 amide bonds. The minimum atomic E-state index is -0.599. The average molecular weight is 239 g/mol. The van der Waals surface area contributed by atoms with E-state index in [0.29, 0.717) is 6.04 Å². The molecule has 1 N–H and O–H groups in total. The molecule has 2 aliphatic rings. The van der Waals surface area contributed by atoms with E-state index in [1.807, 2.05) is 6.92 Å². The van der Waals surface area contributed by atoms with Gasteiger partial charge in [-0.1, -0.05) is 26.2 Å². The summed E-state index contributed by atoms with van der Waals surface area (Å²) >= 11 is 0. The smallest absolute Gasteiger partial charge is 0.310 e. The first-order valence-electron chi connectivity index (χ1n) is 7.05. The van der Waals surface area contributed by atoms with Gasteiger partial charge in [-0.3, -0.25) is 9.69 Å². The first-order valence-corrected chi connectivity index (χ1v) is 7.05. The molecule has 1 saturated carbocycles. The van der Waals surface area contributed by atoms with E-state index in [2.05, 4.69) is 11.8 Å². The van der Waals surface area contributed by atoms with E-state index in [0.717, 1.165) is 31.8 Å². The van der Waals surface area contributed by atoms with Crippen LogP contribution in [-0.4, -0.2) is 35.1 Å². The van der Waals surface area contributed by atoms with E-state index in [-0.39, 0.29) is 0 Å². The molecule has 0 spiro atoms. The molecular formula is C14H25NO2. The molecule has 3 heteroatoms. The Morgan fingerprint density at radius 3 is 2.65 bits per heavy atom. The Hall–Kier alpha value is -0.570. The fourth-order valence-corrected chi connectivity index (χ4v) is 3.26. The molecule has 0 aromatic rings. The van der Waals surface area contributed by atoms with Gasteiger partial charge in [-0.15, -0.1) is 0 Å². The van der Waals surface area contributed by atoms with Crippen molar-refractivity contribution in [2.24, 2.45) is 11.3 Å². The molecule has 2 fully saturated rings. The lowest BCUT2D eigenvalue weighted by atomic mass is 9.81. The van der Waals surface area contributed by atoms with Gasteiger partial charge in [-0.2, -0.15) is 0 Å². The first kappa shape index (κ1) is 12.9. The largest absolute Gasteiger partial charge is 0.481 e. The van der Waals surface area contributed by atoms with E-state index >= 15 is 0 Å². The molecule has 2 unspecified atom stereocenters. The van der Waals surface area contributed by atoms with E-state index in [1.165, 1.54) is 25.7 Å². The maximum atomic E-state index is 11.4. The zero-order valence-corrected chi connectivity index (χ0v) is 11.1. The molecule has 17 heavy (non-hydrogen) atoms. The van der Waals surface area contributed by atoms with Gasteiger partial charge in [-0.25, -0.2) is 0 Å². The van der Waals surface area contributed by atoms with Gasteiger partial charge in [0.05, 0.1) is 5.41 Å². The summed E-state index contributed by atoms with van der Waals surface area (Å²) in [6.45, 7) is 6.00. The van der Waals surface area contributed by atoms with E-state index < -0.39 is 11.4 Å². The molecule has 1 aliphatic heterocycles. The predicted molar refractivity (Wildman–Crippen MR) is 68.0 cm³/mol. The number of nitrogens with zero attached hydrogens (tertiary/aromatic N) is 1. The number of carbonyl (C=O) groups is 1. The first-order chi connectivity index (χ1) is 8.07. The summed E-state index contributed by atoms with van der Waals surface area (Å²) in [5, 5.41) is 9.38. The van der Waals surface area contributed by atoms with Gasteiger partial charge in [0.2, 0.25) is 0 Å². The van der Waals surface area contributed by atoms with Gasteiger partial charge in [0.15, 0.2) is 0 Å². The highest BCUT2D eigenvalue weighted by Gasteiger charge is 2.44. The Kier molecular flexibility index (Phi) is 3.76. The topological polar surface area (TPSA) is 40.5 Å². The summed E-state index contributed by atoms with van der Waals surface area (Å²) in [7, 11) is 0. The molecule has 1 heterocycles. The minimum Gasteiger partial charge on any atom is -0.481 e. The maximum Gasteiger partial charge on any atom is 0.310 e. The molecule has 2 atom stereocenters. The van der Waals surface area contributed by atoms with Gasteiger partial charge in [0.1, 0.15) is 0 Å². The fraction of sp³-hybridized carbons (Fsp3) is 0.929. The van der Waals surface area contributed by atoms with Crippen molar-refractivity contribution >= 4 is 5.97 Å². The minimum absolute atomic E-state index is 0.464. The molecular weight excluding hydrogens is 214 g/mol. The van der Waals surface area contributed by atoms with Crippen LogP contribution in [0.25, 0.3) is 0 Å². The van der Waals surface area contributed by atoms with Crippen molar-refractivity contribution in [1.29, 1.82) is 0 Å². The maximum absolute atomic E-state index is 11.4. The van der Waals surface area contributed by atoms with Crippen molar-refractivity contribution in [2.45, 2.75) is 58.4 Å². The average Bonchev–Trinajstić information content (AvgIpc) is 2.68. The Morgan fingerprint density at radius 1 is 1.53 bits per heavy atom. The second-order valence-corrected chi connectivity index (χ2v) is 6.04. The third-order valence-electron chi connectivity index (χ3n) is 5.04. The highest BCUT2D eigenvalue weighted by Crippen LogP contribution is 2.38. The van der Waals surface area contributed by atoms with Crippen molar-refractivity contribution in [2.75, 3.05) is 13.1 Å². The van der Waals surface area contributed by atoms with Gasteiger partial charge >= 0.3 is 5.97 Å². The lowest BCUT2D eigenvalue weighted by Crippen LogP contribution is -2.38. The molecule has 1 aliphatic carbocycles. The van der Waals surface area contributed by atoms with Crippen LogP contribution < -0.4 is 0 Å². The van der Waals surface area contributed by atoms with Crippen molar-refractivity contribution < 1.29 is 9.90 Å². The Bertz CT molecular complexity index is 288. The second kappa shape index (κ2) is 4.97. The number of carboxylic acids is 1. The van der Waals surface area contributed by atoms with Crippen LogP contribution in [-0.2, 0) is 4.79 Å². The molecule has 98 valence electrons. The quantitative estimate of drug-likeness (QED) is 0.802. The molecule has 0 radical (unpaired) electrons. The third-order valence-corrected chi connectivity index (χ3v) is 5.04. The van der Waals surface area contributed by atoms with Gasteiger partial charge in [0.25, 0.3) is 0 Å². The van der Waals surface area contributed by atoms with Crippen molar-refractivity contribution in [3.8, 4) is 0 Å². The van der Waals surface area contributed by atoms with Crippen LogP contribution in [0.2, 0.25) is 0 Å². The summed E-state index contributed by atoms with van der Waals surface area (Å²) in [6, 6.07) is 0.563. The van der Waals surface area contributed by atoms with Crippen molar-refractivity contribution in [3.63, 3.8) is 0 Å². The number of hydrogen-bond acceptors (Lipinski definition) is 2. The van der Waals surface area contributed by atoms with Gasteiger partial charge in [-0.05, 0) is 38.6 Å². The molecule has 0 bridgehead atoms.